The standard InChI is InChI=1S/C14H15N.CH4O/c1-11-7-9-13(10-8-11)14(15)12-5-3-2-4-6-12;1-2/h2-10,14H,15H2,1H3;2H,1H3. The Morgan fingerprint density at radius 3 is 1.82 bits per heavy atom. The number of hydrogen-bond acceptors (Lipinski definition) is 2. The van der Waals surface area contributed by atoms with E-state index in [0.717, 1.165) is 18.2 Å². The van der Waals surface area contributed by atoms with Gasteiger partial charge in [-0.2, -0.15) is 0 Å². The van der Waals surface area contributed by atoms with E-state index in [4.69, 9.17) is 10.8 Å². The molecule has 3 N–H and O–H groups in total. The van der Waals surface area contributed by atoms with Crippen molar-refractivity contribution in [1.82, 2.24) is 0 Å². The molecule has 0 heterocycles. The van der Waals surface area contributed by atoms with Gasteiger partial charge in [0.25, 0.3) is 0 Å². The number of nitrogens with two attached hydrogens (primary N) is 1. The Bertz CT molecular complexity index is 422. The van der Waals surface area contributed by atoms with Gasteiger partial charge in [0.05, 0.1) is 6.04 Å². The lowest BCUT2D eigenvalue weighted by Gasteiger charge is -2.12. The lowest BCUT2D eigenvalue weighted by atomic mass is 9.99. The second kappa shape index (κ2) is 6.84. The van der Waals surface area contributed by atoms with Crippen LogP contribution >= 0.6 is 0 Å². The third-order valence-corrected chi connectivity index (χ3v) is 2.60. The van der Waals surface area contributed by atoms with E-state index in [1.165, 1.54) is 5.56 Å². The van der Waals surface area contributed by atoms with E-state index in [1.54, 1.807) is 0 Å². The molecule has 2 nitrogen and oxygen atoms in total. The molecule has 2 heteroatoms. The third-order valence-electron chi connectivity index (χ3n) is 2.60. The van der Waals surface area contributed by atoms with E-state index in [-0.39, 0.29) is 6.04 Å². The predicted molar refractivity (Wildman–Crippen MR) is 71.8 cm³/mol. The monoisotopic (exact) mass is 229 g/mol. The zero-order valence-corrected chi connectivity index (χ0v) is 10.3. The predicted octanol–water partition coefficient (Wildman–Crippen LogP) is 2.65. The Labute approximate surface area is 103 Å². The van der Waals surface area contributed by atoms with Crippen molar-refractivity contribution < 1.29 is 5.11 Å². The minimum Gasteiger partial charge on any atom is -0.400 e. The zero-order chi connectivity index (χ0) is 12.7. The van der Waals surface area contributed by atoms with Gasteiger partial charge in [0.2, 0.25) is 0 Å². The van der Waals surface area contributed by atoms with Gasteiger partial charge in [-0.05, 0) is 18.1 Å². The van der Waals surface area contributed by atoms with Gasteiger partial charge >= 0.3 is 0 Å². The minimum absolute atomic E-state index is 0.0215. The van der Waals surface area contributed by atoms with E-state index < -0.39 is 0 Å². The maximum absolute atomic E-state index is 7.00. The molecule has 0 aromatic heterocycles. The van der Waals surface area contributed by atoms with E-state index >= 15 is 0 Å². The Kier molecular flexibility index (Phi) is 5.40. The highest BCUT2D eigenvalue weighted by Gasteiger charge is 2.06. The van der Waals surface area contributed by atoms with Crippen molar-refractivity contribution in [3.05, 3.63) is 71.3 Å². The van der Waals surface area contributed by atoms with Gasteiger partial charge in [0, 0.05) is 7.11 Å². The first-order valence-corrected chi connectivity index (χ1v) is 5.59. The van der Waals surface area contributed by atoms with Crippen molar-refractivity contribution in [3.8, 4) is 0 Å². The summed E-state index contributed by atoms with van der Waals surface area (Å²) in [6.45, 7) is 2.08. The molecule has 0 amide bonds. The summed E-state index contributed by atoms with van der Waals surface area (Å²) in [5, 5.41) is 7.00. The lowest BCUT2D eigenvalue weighted by molar-refractivity contribution is 0.399. The summed E-state index contributed by atoms with van der Waals surface area (Å²) >= 11 is 0. The molecule has 0 fully saturated rings. The molecule has 1 atom stereocenters. The SMILES string of the molecule is CO.Cc1ccc(C(N)c2ccccc2)cc1. The van der Waals surface area contributed by atoms with E-state index in [2.05, 4.69) is 43.3 Å². The van der Waals surface area contributed by atoms with Gasteiger partial charge < -0.3 is 10.8 Å². The zero-order valence-electron chi connectivity index (χ0n) is 10.3. The molecule has 0 aliphatic carbocycles. The van der Waals surface area contributed by atoms with Crippen LogP contribution in [0.5, 0.6) is 0 Å². The van der Waals surface area contributed by atoms with E-state index in [1.807, 2.05) is 18.2 Å². The molecule has 1 unspecified atom stereocenters. The molecule has 0 aliphatic heterocycles. The molecule has 0 spiro atoms. The average Bonchev–Trinajstić information content (AvgIpc) is 2.42. The normalized spacial score (nSPS) is 11.3. The highest BCUT2D eigenvalue weighted by atomic mass is 16.2. The fourth-order valence-corrected chi connectivity index (χ4v) is 1.63. The first-order chi connectivity index (χ1) is 8.27. The second-order valence-electron chi connectivity index (χ2n) is 3.80. The molecule has 0 saturated heterocycles. The van der Waals surface area contributed by atoms with Crippen LogP contribution in [0.4, 0.5) is 0 Å². The lowest BCUT2D eigenvalue weighted by Crippen LogP contribution is -2.11. The summed E-state index contributed by atoms with van der Waals surface area (Å²) in [6, 6.07) is 18.5. The number of rotatable bonds is 2. The summed E-state index contributed by atoms with van der Waals surface area (Å²) < 4.78 is 0. The van der Waals surface area contributed by atoms with Crippen LogP contribution in [0.1, 0.15) is 22.7 Å². The largest absolute Gasteiger partial charge is 0.400 e. The van der Waals surface area contributed by atoms with Crippen LogP contribution < -0.4 is 5.73 Å². The number of aliphatic hydroxyl groups is 1. The number of aryl methyl sites for hydroxylation is 1. The smallest absolute Gasteiger partial charge is 0.0551 e. The highest BCUT2D eigenvalue weighted by molar-refractivity contribution is 5.32. The van der Waals surface area contributed by atoms with Crippen molar-refractivity contribution in [2.24, 2.45) is 5.73 Å². The van der Waals surface area contributed by atoms with Crippen molar-refractivity contribution in [2.75, 3.05) is 7.11 Å². The summed E-state index contributed by atoms with van der Waals surface area (Å²) in [7, 11) is 1.00. The molecule has 0 saturated carbocycles. The van der Waals surface area contributed by atoms with Gasteiger partial charge in [0.15, 0.2) is 0 Å². The van der Waals surface area contributed by atoms with Crippen LogP contribution in [0, 0.1) is 6.92 Å². The molecule has 2 rings (SSSR count). The Balaban J connectivity index is 0.000000686. The van der Waals surface area contributed by atoms with Gasteiger partial charge in [-0.3, -0.25) is 0 Å². The van der Waals surface area contributed by atoms with Crippen molar-refractivity contribution in [1.29, 1.82) is 0 Å². The average molecular weight is 229 g/mol. The molecule has 17 heavy (non-hydrogen) atoms. The summed E-state index contributed by atoms with van der Waals surface area (Å²) in [4.78, 5) is 0. The van der Waals surface area contributed by atoms with Crippen molar-refractivity contribution in [3.63, 3.8) is 0 Å². The maximum Gasteiger partial charge on any atom is 0.0551 e. The molecule has 0 radical (unpaired) electrons. The quantitative estimate of drug-likeness (QED) is 0.831. The third kappa shape index (κ3) is 3.70. The van der Waals surface area contributed by atoms with Gasteiger partial charge in [-0.1, -0.05) is 60.2 Å². The fourth-order valence-electron chi connectivity index (χ4n) is 1.63. The number of aliphatic hydroxyl groups excluding tert-OH is 1. The van der Waals surface area contributed by atoms with Crippen LogP contribution in [0.15, 0.2) is 54.6 Å². The fraction of sp³-hybridized carbons (Fsp3) is 0.200. The second-order valence-corrected chi connectivity index (χ2v) is 3.80. The Hall–Kier alpha value is -1.64. The molecule has 0 bridgehead atoms. The minimum atomic E-state index is -0.0215. The highest BCUT2D eigenvalue weighted by Crippen LogP contribution is 2.19. The van der Waals surface area contributed by atoms with Crippen molar-refractivity contribution >= 4 is 0 Å². The summed E-state index contributed by atoms with van der Waals surface area (Å²) in [6.07, 6.45) is 0. The molecule has 2 aromatic carbocycles. The first-order valence-electron chi connectivity index (χ1n) is 5.59. The summed E-state index contributed by atoms with van der Waals surface area (Å²) in [5.41, 5.74) is 9.74. The van der Waals surface area contributed by atoms with Crippen molar-refractivity contribution in [2.45, 2.75) is 13.0 Å². The molecule has 0 aliphatic rings. The Morgan fingerprint density at radius 2 is 1.29 bits per heavy atom. The van der Waals surface area contributed by atoms with Crippen LogP contribution in [-0.2, 0) is 0 Å². The molecule has 90 valence electrons. The number of benzene rings is 2. The van der Waals surface area contributed by atoms with Gasteiger partial charge in [-0.25, -0.2) is 0 Å². The van der Waals surface area contributed by atoms with Crippen LogP contribution in [0.2, 0.25) is 0 Å². The molecular formula is C15H19NO. The molecule has 2 aromatic rings. The topological polar surface area (TPSA) is 46.2 Å². The molecular weight excluding hydrogens is 210 g/mol. The maximum atomic E-state index is 7.00. The van der Waals surface area contributed by atoms with Crippen LogP contribution in [0.25, 0.3) is 0 Å². The number of hydrogen-bond donors (Lipinski definition) is 2. The van der Waals surface area contributed by atoms with Crippen LogP contribution in [0.3, 0.4) is 0 Å². The summed E-state index contributed by atoms with van der Waals surface area (Å²) in [5.74, 6) is 0. The first kappa shape index (κ1) is 13.4. The Morgan fingerprint density at radius 1 is 0.824 bits per heavy atom. The van der Waals surface area contributed by atoms with Gasteiger partial charge in [-0.15, -0.1) is 0 Å². The van der Waals surface area contributed by atoms with E-state index in [0.29, 0.717) is 0 Å². The van der Waals surface area contributed by atoms with Crippen LogP contribution in [-0.4, -0.2) is 12.2 Å². The van der Waals surface area contributed by atoms with E-state index in [9.17, 15) is 0 Å². The van der Waals surface area contributed by atoms with Gasteiger partial charge in [0.1, 0.15) is 0 Å².